The van der Waals surface area contributed by atoms with Crippen LogP contribution in [0.25, 0.3) is 0 Å². The van der Waals surface area contributed by atoms with Gasteiger partial charge in [-0.05, 0) is 31.2 Å². The number of carbonyl (C=O) groups is 4. The van der Waals surface area contributed by atoms with E-state index in [1.807, 2.05) is 0 Å². The molecule has 12 nitrogen and oxygen atoms in total. The highest BCUT2D eigenvalue weighted by atomic mass is 33.1. The normalized spacial score (nSPS) is 10.4. The number of ketones is 2. The Morgan fingerprint density at radius 3 is 1.62 bits per heavy atom. The number of benzene rings is 2. The molecule has 2 rings (SSSR count). The van der Waals surface area contributed by atoms with Crippen molar-refractivity contribution < 1.29 is 39.9 Å². The van der Waals surface area contributed by atoms with Crippen molar-refractivity contribution in [3.8, 4) is 0 Å². The maximum Gasteiger partial charge on any atom is 0.345 e. The molecule has 14 heteroatoms. The number of hydrogen-bond donors (Lipinski definition) is 0. The zero-order valence-electron chi connectivity index (χ0n) is 19.8. The smallest absolute Gasteiger partial charge is 0.345 e. The number of ether oxygens (including phenoxy) is 2. The minimum absolute atomic E-state index is 0. The highest BCUT2D eigenvalue weighted by Gasteiger charge is 2.24. The lowest BCUT2D eigenvalue weighted by atomic mass is 10.2. The van der Waals surface area contributed by atoms with Gasteiger partial charge in [0.15, 0.2) is 0 Å². The molecule has 2 aromatic carbocycles. The standard InChI is InChI=1S/C23H22N2O10S2.H2/c1-3-15(27)9-11-35-23(29)19-13-17(5-7-21(19)25(32)33)37-36-16-4-6-20(24(30)31)18(12-16)22(28)34-10-8-14(2)26;/h4-7,12-13H,3,8-11H2,1-2H3;1H. The fraction of sp³-hybridized carbons (Fsp3) is 0.304. The van der Waals surface area contributed by atoms with Crippen molar-refractivity contribution in [3.05, 3.63) is 67.8 Å². The lowest BCUT2D eigenvalue weighted by molar-refractivity contribution is -0.385. The average Bonchev–Trinajstić information content (AvgIpc) is 2.86. The molecule has 37 heavy (non-hydrogen) atoms. The van der Waals surface area contributed by atoms with Gasteiger partial charge in [0, 0.05) is 42.6 Å². The Kier molecular flexibility index (Phi) is 11.2. The second kappa shape index (κ2) is 14.1. The summed E-state index contributed by atoms with van der Waals surface area (Å²) in [6.45, 7) is 2.56. The molecule has 2 aromatic rings. The van der Waals surface area contributed by atoms with E-state index in [1.165, 1.54) is 31.2 Å². The summed E-state index contributed by atoms with van der Waals surface area (Å²) in [7, 11) is 2.16. The van der Waals surface area contributed by atoms with E-state index in [2.05, 4.69) is 0 Å². The Labute approximate surface area is 220 Å². The van der Waals surface area contributed by atoms with Crippen LogP contribution in [0.2, 0.25) is 0 Å². The van der Waals surface area contributed by atoms with Crippen LogP contribution in [0.1, 0.15) is 55.3 Å². The lowest BCUT2D eigenvalue weighted by Gasteiger charge is -2.08. The highest BCUT2D eigenvalue weighted by Crippen LogP contribution is 2.40. The van der Waals surface area contributed by atoms with Gasteiger partial charge in [-0.25, -0.2) is 9.59 Å². The number of esters is 2. The monoisotopic (exact) mass is 552 g/mol. The van der Waals surface area contributed by atoms with E-state index in [4.69, 9.17) is 9.47 Å². The molecule has 0 radical (unpaired) electrons. The summed E-state index contributed by atoms with van der Waals surface area (Å²) < 4.78 is 9.98. The molecule has 0 atom stereocenters. The van der Waals surface area contributed by atoms with Crippen molar-refractivity contribution in [3.63, 3.8) is 0 Å². The van der Waals surface area contributed by atoms with Gasteiger partial charge in [-0.15, -0.1) is 0 Å². The van der Waals surface area contributed by atoms with Crippen LogP contribution in [-0.2, 0) is 19.1 Å². The number of nitro groups is 2. The Bertz CT molecular complexity index is 1240. The van der Waals surface area contributed by atoms with Gasteiger partial charge in [0.2, 0.25) is 0 Å². The van der Waals surface area contributed by atoms with Gasteiger partial charge < -0.3 is 9.47 Å². The van der Waals surface area contributed by atoms with Gasteiger partial charge in [-0.1, -0.05) is 28.5 Å². The van der Waals surface area contributed by atoms with E-state index < -0.39 is 33.2 Å². The highest BCUT2D eigenvalue weighted by molar-refractivity contribution is 8.76. The Morgan fingerprint density at radius 2 is 1.24 bits per heavy atom. The first kappa shape index (κ1) is 29.5. The SMILES string of the molecule is CCC(=O)CCOC(=O)c1cc(SSc2ccc([N+](=O)[O-])c(C(=O)OCCC(C)=O)c2)ccc1[N+](=O)[O-].[HH]. The van der Waals surface area contributed by atoms with Crippen LogP contribution in [0, 0.1) is 20.2 Å². The number of nitro benzene ring substituents is 2. The third kappa shape index (κ3) is 8.99. The van der Waals surface area contributed by atoms with Crippen LogP contribution in [0.4, 0.5) is 11.4 Å². The van der Waals surface area contributed by atoms with Crippen molar-refractivity contribution >= 4 is 56.5 Å². The first-order valence-corrected chi connectivity index (χ1v) is 12.9. The Morgan fingerprint density at radius 1 is 0.811 bits per heavy atom. The summed E-state index contributed by atoms with van der Waals surface area (Å²) in [4.78, 5) is 69.3. The first-order valence-electron chi connectivity index (χ1n) is 10.8. The Hall–Kier alpha value is -3.78. The summed E-state index contributed by atoms with van der Waals surface area (Å²) in [6, 6.07) is 7.63. The quantitative estimate of drug-likeness (QED) is 0.130. The van der Waals surface area contributed by atoms with Crippen LogP contribution in [-0.4, -0.2) is 46.6 Å². The minimum Gasteiger partial charge on any atom is -0.461 e. The van der Waals surface area contributed by atoms with E-state index in [-0.39, 0.29) is 56.6 Å². The minimum atomic E-state index is -0.956. The maximum atomic E-state index is 12.4. The topological polar surface area (TPSA) is 173 Å². The van der Waals surface area contributed by atoms with Gasteiger partial charge >= 0.3 is 11.9 Å². The zero-order valence-corrected chi connectivity index (χ0v) is 21.4. The molecule has 0 spiro atoms. The molecule has 0 unspecified atom stereocenters. The average molecular weight is 553 g/mol. The van der Waals surface area contributed by atoms with Crippen LogP contribution >= 0.6 is 21.6 Å². The van der Waals surface area contributed by atoms with Gasteiger partial charge in [0.1, 0.15) is 22.7 Å². The first-order chi connectivity index (χ1) is 17.5. The molecule has 0 bridgehead atoms. The number of hydrogen-bond acceptors (Lipinski definition) is 12. The molecule has 0 saturated carbocycles. The van der Waals surface area contributed by atoms with E-state index >= 15 is 0 Å². The molecule has 0 amide bonds. The zero-order chi connectivity index (χ0) is 27.5. The Balaban J connectivity index is 0.00000722. The molecule has 0 heterocycles. The molecule has 0 aliphatic rings. The molecule has 0 N–H and O–H groups in total. The van der Waals surface area contributed by atoms with Crippen LogP contribution in [0.5, 0.6) is 0 Å². The molecule has 0 aromatic heterocycles. The summed E-state index contributed by atoms with van der Waals surface area (Å²) in [5.41, 5.74) is -1.53. The summed E-state index contributed by atoms with van der Waals surface area (Å²) in [6.07, 6.45) is 0.255. The van der Waals surface area contributed by atoms with Crippen molar-refractivity contribution in [1.82, 2.24) is 0 Å². The van der Waals surface area contributed by atoms with Gasteiger partial charge in [-0.3, -0.25) is 29.8 Å². The second-order valence-corrected chi connectivity index (χ2v) is 9.68. The predicted octanol–water partition coefficient (Wildman–Crippen LogP) is 5.21. The summed E-state index contributed by atoms with van der Waals surface area (Å²) >= 11 is 0. The molecule has 198 valence electrons. The predicted molar refractivity (Wildman–Crippen MR) is 136 cm³/mol. The van der Waals surface area contributed by atoms with Crippen LogP contribution in [0.3, 0.4) is 0 Å². The number of carbonyl (C=O) groups excluding carboxylic acids is 4. The van der Waals surface area contributed by atoms with Gasteiger partial charge in [0.25, 0.3) is 11.4 Å². The molecule has 0 aliphatic carbocycles. The van der Waals surface area contributed by atoms with Gasteiger partial charge in [-0.2, -0.15) is 0 Å². The van der Waals surface area contributed by atoms with E-state index in [1.54, 1.807) is 6.92 Å². The maximum absolute atomic E-state index is 12.4. The van der Waals surface area contributed by atoms with E-state index in [0.29, 0.717) is 9.79 Å². The molecular formula is C23H24N2O10S2. The fourth-order valence-electron chi connectivity index (χ4n) is 2.75. The van der Waals surface area contributed by atoms with Crippen molar-refractivity contribution in [1.29, 1.82) is 0 Å². The van der Waals surface area contributed by atoms with Crippen LogP contribution < -0.4 is 0 Å². The van der Waals surface area contributed by atoms with Gasteiger partial charge in [0.05, 0.1) is 23.1 Å². The van der Waals surface area contributed by atoms with Crippen LogP contribution in [0.15, 0.2) is 46.2 Å². The largest absolute Gasteiger partial charge is 0.461 e. The number of rotatable bonds is 14. The fourth-order valence-corrected chi connectivity index (χ4v) is 4.72. The lowest BCUT2D eigenvalue weighted by Crippen LogP contribution is -2.11. The van der Waals surface area contributed by atoms with Crippen molar-refractivity contribution in [2.45, 2.75) is 42.9 Å². The van der Waals surface area contributed by atoms with E-state index in [9.17, 15) is 39.4 Å². The molecule has 0 fully saturated rings. The molecular weight excluding hydrogens is 528 g/mol. The molecule has 0 saturated heterocycles. The number of Topliss-reactive ketones (excluding diaryl/α,β-unsaturated/α-hetero) is 2. The summed E-state index contributed by atoms with van der Waals surface area (Å²) in [5.74, 6) is -2.23. The number of nitrogens with zero attached hydrogens (tertiary/aromatic N) is 2. The third-order valence-electron chi connectivity index (χ3n) is 4.70. The van der Waals surface area contributed by atoms with E-state index in [0.717, 1.165) is 33.7 Å². The third-order valence-corrected chi connectivity index (χ3v) is 7.08. The summed E-state index contributed by atoms with van der Waals surface area (Å²) in [5, 5.41) is 22.7. The van der Waals surface area contributed by atoms with Crippen molar-refractivity contribution in [2.24, 2.45) is 0 Å². The van der Waals surface area contributed by atoms with Crippen molar-refractivity contribution in [2.75, 3.05) is 13.2 Å². The second-order valence-electron chi connectivity index (χ2n) is 7.40. The molecule has 0 aliphatic heterocycles.